The van der Waals surface area contributed by atoms with Crippen molar-refractivity contribution >= 4 is 25.8 Å². The maximum atomic E-state index is 12.6. The van der Waals surface area contributed by atoms with Crippen LogP contribution in [0.5, 0.6) is 17.2 Å². The zero-order valence-electron chi connectivity index (χ0n) is 13.8. The van der Waals surface area contributed by atoms with Gasteiger partial charge in [-0.25, -0.2) is 8.42 Å². The highest BCUT2D eigenvalue weighted by atomic mass is 79.9. The normalized spacial score (nSPS) is 12.5. The zero-order valence-corrected chi connectivity index (χ0v) is 16.2. The molecule has 2 rings (SSSR count). The van der Waals surface area contributed by atoms with Crippen molar-refractivity contribution in [2.45, 2.75) is 11.0 Å². The summed E-state index contributed by atoms with van der Waals surface area (Å²) in [5, 5.41) is 10.1. The van der Waals surface area contributed by atoms with Crippen molar-refractivity contribution in [2.24, 2.45) is 0 Å². The van der Waals surface area contributed by atoms with Crippen molar-refractivity contribution in [2.75, 3.05) is 26.6 Å². The second-order valence-corrected chi connectivity index (χ2v) is 8.14. The Hall–Kier alpha value is -1.77. The van der Waals surface area contributed by atoms with E-state index in [0.717, 1.165) is 4.47 Å². The lowest BCUT2D eigenvalue weighted by Gasteiger charge is -2.15. The number of aliphatic hydroxyl groups is 1. The Balaban J connectivity index is 2.08. The molecular weight excluding hydrogens is 412 g/mol. The molecular formula is C17H19BrO6S. The predicted molar refractivity (Wildman–Crippen MR) is 97.2 cm³/mol. The molecule has 0 heterocycles. The molecule has 0 aliphatic heterocycles. The van der Waals surface area contributed by atoms with Gasteiger partial charge in [0.2, 0.25) is 0 Å². The van der Waals surface area contributed by atoms with Crippen LogP contribution in [0, 0.1) is 0 Å². The third-order valence-corrected chi connectivity index (χ3v) is 5.72. The number of rotatable bonds is 8. The van der Waals surface area contributed by atoms with Gasteiger partial charge in [-0.15, -0.1) is 0 Å². The van der Waals surface area contributed by atoms with Gasteiger partial charge in [-0.3, -0.25) is 0 Å². The SMILES string of the molecule is COc1ccc(OC)c(S(=O)(=O)CC(O)COc2ccc(Br)cc2)c1. The summed E-state index contributed by atoms with van der Waals surface area (Å²) >= 11 is 3.31. The Morgan fingerprint density at radius 3 is 2.28 bits per heavy atom. The lowest BCUT2D eigenvalue weighted by molar-refractivity contribution is 0.125. The van der Waals surface area contributed by atoms with E-state index < -0.39 is 21.7 Å². The number of benzene rings is 2. The molecule has 0 amide bonds. The fourth-order valence-corrected chi connectivity index (χ4v) is 3.94. The van der Waals surface area contributed by atoms with Crippen LogP contribution in [-0.2, 0) is 9.84 Å². The van der Waals surface area contributed by atoms with E-state index in [0.29, 0.717) is 11.5 Å². The molecule has 8 heteroatoms. The molecule has 1 unspecified atom stereocenters. The fraction of sp³-hybridized carbons (Fsp3) is 0.294. The van der Waals surface area contributed by atoms with Crippen LogP contribution in [0.4, 0.5) is 0 Å². The smallest absolute Gasteiger partial charge is 0.184 e. The third-order valence-electron chi connectivity index (χ3n) is 3.37. The molecule has 0 aromatic heterocycles. The molecule has 0 saturated heterocycles. The van der Waals surface area contributed by atoms with Gasteiger partial charge in [-0.05, 0) is 36.4 Å². The highest BCUT2D eigenvalue weighted by Gasteiger charge is 2.24. The maximum absolute atomic E-state index is 12.6. The van der Waals surface area contributed by atoms with E-state index in [-0.39, 0.29) is 17.3 Å². The fourth-order valence-electron chi connectivity index (χ4n) is 2.14. The zero-order chi connectivity index (χ0) is 18.4. The average Bonchev–Trinajstić information content (AvgIpc) is 2.60. The van der Waals surface area contributed by atoms with Gasteiger partial charge in [0, 0.05) is 10.5 Å². The molecule has 0 aliphatic rings. The first kappa shape index (κ1) is 19.6. The van der Waals surface area contributed by atoms with Crippen LogP contribution in [0.3, 0.4) is 0 Å². The van der Waals surface area contributed by atoms with Crippen LogP contribution in [0.1, 0.15) is 0 Å². The monoisotopic (exact) mass is 430 g/mol. The van der Waals surface area contributed by atoms with Gasteiger partial charge < -0.3 is 19.3 Å². The Kier molecular flexibility index (Phi) is 6.69. The number of hydrogen-bond acceptors (Lipinski definition) is 6. The van der Waals surface area contributed by atoms with E-state index in [9.17, 15) is 13.5 Å². The van der Waals surface area contributed by atoms with Gasteiger partial charge in [0.25, 0.3) is 0 Å². The van der Waals surface area contributed by atoms with Gasteiger partial charge in [-0.2, -0.15) is 0 Å². The number of sulfone groups is 1. The van der Waals surface area contributed by atoms with Gasteiger partial charge >= 0.3 is 0 Å². The van der Waals surface area contributed by atoms with Gasteiger partial charge in [0.05, 0.1) is 20.0 Å². The number of ether oxygens (including phenoxy) is 3. The van der Waals surface area contributed by atoms with Gasteiger partial charge in [0.15, 0.2) is 9.84 Å². The molecule has 6 nitrogen and oxygen atoms in total. The Bertz CT molecular complexity index is 804. The Morgan fingerprint density at radius 2 is 1.68 bits per heavy atom. The minimum atomic E-state index is -3.79. The molecule has 0 aliphatic carbocycles. The summed E-state index contributed by atoms with van der Waals surface area (Å²) in [6.45, 7) is -0.146. The molecule has 0 fully saturated rings. The summed E-state index contributed by atoms with van der Waals surface area (Å²) < 4.78 is 41.6. The van der Waals surface area contributed by atoms with Crippen molar-refractivity contribution in [3.63, 3.8) is 0 Å². The lowest BCUT2D eigenvalue weighted by atomic mass is 10.3. The number of methoxy groups -OCH3 is 2. The van der Waals surface area contributed by atoms with Crippen molar-refractivity contribution < 1.29 is 27.7 Å². The van der Waals surface area contributed by atoms with Crippen LogP contribution in [0.2, 0.25) is 0 Å². The van der Waals surface area contributed by atoms with Crippen LogP contribution in [0.25, 0.3) is 0 Å². The third kappa shape index (κ3) is 5.35. The van der Waals surface area contributed by atoms with Crippen LogP contribution in [-0.4, -0.2) is 46.2 Å². The Morgan fingerprint density at radius 1 is 1.04 bits per heavy atom. The summed E-state index contributed by atoms with van der Waals surface area (Å²) in [5.41, 5.74) is 0. The highest BCUT2D eigenvalue weighted by Crippen LogP contribution is 2.29. The van der Waals surface area contributed by atoms with Crippen LogP contribution >= 0.6 is 15.9 Å². The second kappa shape index (κ2) is 8.55. The maximum Gasteiger partial charge on any atom is 0.184 e. The largest absolute Gasteiger partial charge is 0.497 e. The molecule has 1 atom stereocenters. The van der Waals surface area contributed by atoms with E-state index in [4.69, 9.17) is 14.2 Å². The van der Waals surface area contributed by atoms with E-state index in [2.05, 4.69) is 15.9 Å². The lowest BCUT2D eigenvalue weighted by Crippen LogP contribution is -2.27. The molecule has 136 valence electrons. The molecule has 0 bridgehead atoms. The summed E-state index contributed by atoms with van der Waals surface area (Å²) in [5.74, 6) is 0.632. The molecule has 2 aromatic rings. The van der Waals surface area contributed by atoms with E-state index in [1.807, 2.05) is 0 Å². The topological polar surface area (TPSA) is 82.1 Å². The number of halogens is 1. The van der Waals surface area contributed by atoms with Gasteiger partial charge in [0.1, 0.15) is 34.9 Å². The quantitative estimate of drug-likeness (QED) is 0.692. The van der Waals surface area contributed by atoms with Crippen molar-refractivity contribution in [1.82, 2.24) is 0 Å². The standard InChI is InChI=1S/C17H19BrO6S/c1-22-15-7-8-16(23-2)17(9-15)25(20,21)11-13(19)10-24-14-5-3-12(18)4-6-14/h3-9,13,19H,10-11H2,1-2H3. The molecule has 2 aromatic carbocycles. The molecule has 0 radical (unpaired) electrons. The minimum absolute atomic E-state index is 0.0305. The first-order valence-electron chi connectivity index (χ1n) is 7.37. The van der Waals surface area contributed by atoms with E-state index >= 15 is 0 Å². The van der Waals surface area contributed by atoms with Crippen LogP contribution < -0.4 is 14.2 Å². The van der Waals surface area contributed by atoms with Crippen molar-refractivity contribution in [1.29, 1.82) is 0 Å². The number of hydrogen-bond donors (Lipinski definition) is 1. The highest BCUT2D eigenvalue weighted by molar-refractivity contribution is 9.10. The predicted octanol–water partition coefficient (Wildman–Crippen LogP) is 2.68. The first-order valence-corrected chi connectivity index (χ1v) is 9.81. The summed E-state index contributed by atoms with van der Waals surface area (Å²) in [4.78, 5) is -0.0305. The van der Waals surface area contributed by atoms with Crippen LogP contribution in [0.15, 0.2) is 51.8 Å². The van der Waals surface area contributed by atoms with Crippen molar-refractivity contribution in [3.8, 4) is 17.2 Å². The molecule has 25 heavy (non-hydrogen) atoms. The first-order chi connectivity index (χ1) is 11.9. The number of aliphatic hydroxyl groups excluding tert-OH is 1. The molecule has 0 spiro atoms. The summed E-state index contributed by atoms with van der Waals surface area (Å²) in [6.07, 6.45) is -1.19. The van der Waals surface area contributed by atoms with E-state index in [1.165, 1.54) is 26.4 Å². The summed E-state index contributed by atoms with van der Waals surface area (Å²) in [6, 6.07) is 11.5. The summed E-state index contributed by atoms with van der Waals surface area (Å²) in [7, 11) is -0.962. The second-order valence-electron chi connectivity index (χ2n) is 5.22. The van der Waals surface area contributed by atoms with E-state index in [1.54, 1.807) is 30.3 Å². The Labute approximate surface area is 155 Å². The molecule has 0 saturated carbocycles. The van der Waals surface area contributed by atoms with Gasteiger partial charge in [-0.1, -0.05) is 15.9 Å². The van der Waals surface area contributed by atoms with Crippen molar-refractivity contribution in [3.05, 3.63) is 46.9 Å². The molecule has 1 N–H and O–H groups in total. The average molecular weight is 431 g/mol. The minimum Gasteiger partial charge on any atom is -0.497 e.